The summed E-state index contributed by atoms with van der Waals surface area (Å²) in [6.45, 7) is 0.696. The van der Waals surface area contributed by atoms with Crippen molar-refractivity contribution in [1.82, 2.24) is 0 Å². The Bertz CT molecular complexity index is 477. The maximum absolute atomic E-state index is 10.3. The minimum absolute atomic E-state index is 0.0278. The van der Waals surface area contributed by atoms with Gasteiger partial charge in [-0.05, 0) is 24.3 Å². The highest BCUT2D eigenvalue weighted by Gasteiger charge is 2.04. The van der Waals surface area contributed by atoms with E-state index < -0.39 is 19.8 Å². The summed E-state index contributed by atoms with van der Waals surface area (Å²) in [5.74, 6) is -2.13. The van der Waals surface area contributed by atoms with E-state index in [1.807, 2.05) is 0 Å². The van der Waals surface area contributed by atoms with Gasteiger partial charge in [0, 0.05) is 0 Å². The molecule has 0 saturated heterocycles. The molecule has 1 aromatic rings. The van der Waals surface area contributed by atoms with Gasteiger partial charge in [0.15, 0.2) is 0 Å². The minimum atomic E-state index is -4.64. The van der Waals surface area contributed by atoms with Gasteiger partial charge in [0.2, 0.25) is 0 Å². The van der Waals surface area contributed by atoms with Gasteiger partial charge >= 0.3 is 19.8 Å². The predicted molar refractivity (Wildman–Crippen MR) is 79.6 cm³/mol. The molecule has 12 heteroatoms. The lowest BCUT2D eigenvalue weighted by Crippen LogP contribution is -2.03. The molecule has 11 nitrogen and oxygen atoms in total. The maximum Gasteiger partial charge on any atom is 0.466 e. The van der Waals surface area contributed by atoms with Crippen LogP contribution in [0.25, 0.3) is 0 Å². The molecule has 0 aromatic heterocycles. The summed E-state index contributed by atoms with van der Waals surface area (Å²) in [7, 11) is -4.64. The minimum Gasteiger partial charge on any atom is -0.478 e. The molecule has 0 saturated carbocycles. The summed E-state index contributed by atoms with van der Waals surface area (Å²) in [5.41, 5.74) is 0.167. The molecule has 0 fully saturated rings. The van der Waals surface area contributed by atoms with Crippen LogP contribution in [0.4, 0.5) is 0 Å². The predicted octanol–water partition coefficient (Wildman–Crippen LogP) is -0.858. The van der Waals surface area contributed by atoms with Crippen molar-refractivity contribution < 1.29 is 54.0 Å². The van der Waals surface area contributed by atoms with Gasteiger partial charge in [-0.1, -0.05) is 0 Å². The average Bonchev–Trinajstić information content (AvgIpc) is 2.47. The Balaban J connectivity index is 0. The van der Waals surface area contributed by atoms with Crippen molar-refractivity contribution in [2.24, 2.45) is 0 Å². The van der Waals surface area contributed by atoms with Gasteiger partial charge in [-0.25, -0.2) is 14.2 Å². The van der Waals surface area contributed by atoms with Crippen LogP contribution in [0.2, 0.25) is 0 Å². The third-order valence-corrected chi connectivity index (χ3v) is 1.85. The molecule has 0 spiro atoms. The van der Waals surface area contributed by atoms with E-state index in [2.05, 4.69) is 4.74 Å². The van der Waals surface area contributed by atoms with E-state index in [0.717, 1.165) is 0 Å². The molecular formula is C12H19O11P. The molecule has 0 radical (unpaired) electrons. The third kappa shape index (κ3) is 18.2. The molecule has 0 heterocycles. The zero-order valence-electron chi connectivity index (χ0n) is 12.3. The highest BCUT2D eigenvalue weighted by molar-refractivity contribution is 7.45. The van der Waals surface area contributed by atoms with Crippen LogP contribution in [-0.4, -0.2) is 73.5 Å². The lowest BCUT2D eigenvalue weighted by molar-refractivity contribution is 0.0650. The average molecular weight is 370 g/mol. The Morgan fingerprint density at radius 1 is 0.833 bits per heavy atom. The SMILES string of the molecule is O=C(O)c1ccc(C(=O)O)cc1.O=P(O)(O)O.OCCOCCO. The van der Waals surface area contributed by atoms with E-state index in [9.17, 15) is 9.59 Å². The van der Waals surface area contributed by atoms with Crippen LogP contribution in [-0.2, 0) is 9.30 Å². The fourth-order valence-electron chi connectivity index (χ4n) is 0.987. The van der Waals surface area contributed by atoms with Crippen molar-refractivity contribution in [3.8, 4) is 0 Å². The molecule has 1 aromatic carbocycles. The highest BCUT2D eigenvalue weighted by Crippen LogP contribution is 2.25. The molecule has 0 aliphatic rings. The Labute approximate surface area is 136 Å². The van der Waals surface area contributed by atoms with Gasteiger partial charge in [-0.15, -0.1) is 0 Å². The molecule has 0 unspecified atom stereocenters. The normalized spacial score (nSPS) is 9.88. The van der Waals surface area contributed by atoms with Crippen molar-refractivity contribution in [2.75, 3.05) is 26.4 Å². The summed E-state index contributed by atoms with van der Waals surface area (Å²) in [6.07, 6.45) is 0. The zero-order valence-corrected chi connectivity index (χ0v) is 13.2. The topological polar surface area (TPSA) is 202 Å². The van der Waals surface area contributed by atoms with Crippen LogP contribution in [0.5, 0.6) is 0 Å². The number of phosphoric acid groups is 1. The maximum atomic E-state index is 10.3. The first kappa shape index (κ1) is 24.4. The highest BCUT2D eigenvalue weighted by atomic mass is 31.2. The van der Waals surface area contributed by atoms with Crippen molar-refractivity contribution in [2.45, 2.75) is 0 Å². The Morgan fingerprint density at radius 2 is 1.08 bits per heavy atom. The van der Waals surface area contributed by atoms with Gasteiger partial charge in [-0.3, -0.25) is 0 Å². The molecule has 24 heavy (non-hydrogen) atoms. The number of benzene rings is 1. The standard InChI is InChI=1S/C8H6O4.C4H10O3.H3O4P/c9-7(10)5-1-2-6(4-3-5)8(11)12;5-1-3-7-4-2-6;1-5(2,3)4/h1-4H,(H,9,10)(H,11,12);5-6H,1-4H2;(H3,1,2,3,4). The lowest BCUT2D eigenvalue weighted by atomic mass is 10.1. The summed E-state index contributed by atoms with van der Waals surface area (Å²) in [4.78, 5) is 42.2. The monoisotopic (exact) mass is 370 g/mol. The van der Waals surface area contributed by atoms with E-state index in [1.165, 1.54) is 24.3 Å². The van der Waals surface area contributed by atoms with Crippen LogP contribution in [0.1, 0.15) is 20.7 Å². The van der Waals surface area contributed by atoms with Gasteiger partial charge in [0.25, 0.3) is 0 Å². The van der Waals surface area contributed by atoms with E-state index in [-0.39, 0.29) is 24.3 Å². The van der Waals surface area contributed by atoms with Gasteiger partial charge in [0.05, 0.1) is 37.6 Å². The molecular weight excluding hydrogens is 351 g/mol. The Kier molecular flexibility index (Phi) is 13.8. The van der Waals surface area contributed by atoms with E-state index >= 15 is 0 Å². The fraction of sp³-hybridized carbons (Fsp3) is 0.333. The van der Waals surface area contributed by atoms with Crippen LogP contribution in [0.15, 0.2) is 24.3 Å². The number of carboxylic acid groups (broad SMARTS) is 2. The van der Waals surface area contributed by atoms with Crippen LogP contribution in [0, 0.1) is 0 Å². The molecule has 0 atom stereocenters. The number of ether oxygens (including phenoxy) is 1. The third-order valence-electron chi connectivity index (χ3n) is 1.85. The first-order valence-electron chi connectivity index (χ1n) is 6.17. The molecule has 0 aliphatic heterocycles. The second-order valence-corrected chi connectivity index (χ2v) is 4.79. The van der Waals surface area contributed by atoms with Gasteiger partial charge in [0.1, 0.15) is 0 Å². The van der Waals surface area contributed by atoms with E-state index in [0.29, 0.717) is 13.2 Å². The number of carboxylic acids is 2. The summed E-state index contributed by atoms with van der Waals surface area (Å²) < 4.78 is 13.5. The number of carbonyl (C=O) groups is 2. The number of hydrogen-bond acceptors (Lipinski definition) is 6. The summed E-state index contributed by atoms with van der Waals surface area (Å²) >= 11 is 0. The van der Waals surface area contributed by atoms with Gasteiger partial charge in [-0.2, -0.15) is 0 Å². The number of hydrogen-bond donors (Lipinski definition) is 7. The lowest BCUT2D eigenvalue weighted by Gasteiger charge is -1.94. The van der Waals surface area contributed by atoms with Crippen LogP contribution in [0.3, 0.4) is 0 Å². The van der Waals surface area contributed by atoms with Crippen molar-refractivity contribution >= 4 is 19.8 Å². The second kappa shape index (κ2) is 13.6. The molecule has 0 aliphatic carbocycles. The quantitative estimate of drug-likeness (QED) is 0.242. The van der Waals surface area contributed by atoms with Crippen molar-refractivity contribution in [3.05, 3.63) is 35.4 Å². The van der Waals surface area contributed by atoms with Crippen molar-refractivity contribution in [1.29, 1.82) is 0 Å². The second-order valence-electron chi connectivity index (χ2n) is 3.76. The molecule has 1 rings (SSSR count). The number of rotatable bonds is 6. The number of aromatic carboxylic acids is 2. The van der Waals surface area contributed by atoms with Crippen LogP contribution < -0.4 is 0 Å². The zero-order chi connectivity index (χ0) is 19.2. The molecule has 7 N–H and O–H groups in total. The molecule has 0 bridgehead atoms. The van der Waals surface area contributed by atoms with Crippen molar-refractivity contribution in [3.63, 3.8) is 0 Å². The van der Waals surface area contributed by atoms with Crippen LogP contribution >= 0.6 is 7.82 Å². The fourth-order valence-corrected chi connectivity index (χ4v) is 0.987. The molecule has 0 amide bonds. The van der Waals surface area contributed by atoms with E-state index in [1.54, 1.807) is 0 Å². The molecule has 138 valence electrons. The smallest absolute Gasteiger partial charge is 0.466 e. The first-order valence-corrected chi connectivity index (χ1v) is 7.73. The number of aliphatic hydroxyl groups excluding tert-OH is 2. The number of aliphatic hydroxyl groups is 2. The first-order chi connectivity index (χ1) is 11.0. The summed E-state index contributed by atoms with van der Waals surface area (Å²) in [5, 5.41) is 33.1. The van der Waals surface area contributed by atoms with Gasteiger partial charge < -0.3 is 39.8 Å². The summed E-state index contributed by atoms with van der Waals surface area (Å²) in [6, 6.07) is 5.02. The van der Waals surface area contributed by atoms with E-state index in [4.69, 9.17) is 39.7 Å². The Hall–Kier alpha value is -1.85. The Morgan fingerprint density at radius 3 is 1.25 bits per heavy atom. The largest absolute Gasteiger partial charge is 0.478 e.